The Morgan fingerprint density at radius 3 is 2.23 bits per heavy atom. The van der Waals surface area contributed by atoms with Gasteiger partial charge >= 0.3 is 12.0 Å². The van der Waals surface area contributed by atoms with E-state index >= 15 is 0 Å². The number of carbonyl (C=O) groups is 4. The van der Waals surface area contributed by atoms with Gasteiger partial charge in [-0.2, -0.15) is 0 Å². The topological polar surface area (TPSA) is 215 Å². The fourth-order valence-corrected chi connectivity index (χ4v) is 1.23. The molecule has 1 atom stereocenters. The Labute approximate surface area is 125 Å². The predicted octanol–water partition coefficient (Wildman–Crippen LogP) is -3.30. The molecule has 10 N–H and O–H groups in total. The van der Waals surface area contributed by atoms with Crippen molar-refractivity contribution in [3.63, 3.8) is 0 Å². The average molecular weight is 317 g/mol. The van der Waals surface area contributed by atoms with Gasteiger partial charge in [0.15, 0.2) is 5.96 Å². The van der Waals surface area contributed by atoms with Gasteiger partial charge in [0, 0.05) is 13.0 Å². The summed E-state index contributed by atoms with van der Waals surface area (Å²) in [7, 11) is 0. The molecule has 0 aromatic carbocycles. The van der Waals surface area contributed by atoms with E-state index in [9.17, 15) is 19.2 Å². The van der Waals surface area contributed by atoms with Crippen LogP contribution in [-0.2, 0) is 14.4 Å². The van der Waals surface area contributed by atoms with Gasteiger partial charge in [0.25, 0.3) is 0 Å². The molecule has 12 nitrogen and oxygen atoms in total. The summed E-state index contributed by atoms with van der Waals surface area (Å²) in [5, 5.41) is 10.6. The molecule has 0 saturated heterocycles. The number of carboxylic acids is 1. The molecule has 0 spiro atoms. The molecule has 0 aliphatic carbocycles. The van der Waals surface area contributed by atoms with Gasteiger partial charge in [-0.3, -0.25) is 24.8 Å². The maximum absolute atomic E-state index is 11.4. The van der Waals surface area contributed by atoms with Crippen LogP contribution in [-0.4, -0.2) is 47.5 Å². The van der Waals surface area contributed by atoms with Crippen LogP contribution in [0.2, 0.25) is 0 Å². The second kappa shape index (κ2) is 9.79. The standard InChI is InChI=1S/C10H19N7O5/c11-8(21)5(4-7(19)20)15-10(22)17-16-6(18)2-1-3-14-9(12)13/h5H,1-4H2,(H2,11,21)(H,16,18)(H,19,20)(H4,12,13,14)(H2,15,17,22)/t5-/m0/s1. The highest BCUT2D eigenvalue weighted by Gasteiger charge is 2.21. The van der Waals surface area contributed by atoms with E-state index in [2.05, 4.69) is 10.4 Å². The SMILES string of the molecule is NC(=O)[C@H](CC(=O)O)NC(=O)NNC(=O)CCCN=C(N)N. The fraction of sp³-hybridized carbons (Fsp3) is 0.500. The van der Waals surface area contributed by atoms with E-state index in [1.165, 1.54) is 0 Å². The van der Waals surface area contributed by atoms with Crippen LogP contribution in [0.1, 0.15) is 19.3 Å². The minimum Gasteiger partial charge on any atom is -0.481 e. The number of aliphatic carboxylic acids is 1. The Bertz CT molecular complexity index is 461. The highest BCUT2D eigenvalue weighted by molar-refractivity contribution is 5.89. The van der Waals surface area contributed by atoms with Crippen molar-refractivity contribution in [2.75, 3.05) is 6.54 Å². The number of carboxylic acid groups (broad SMARTS) is 1. The number of amides is 4. The van der Waals surface area contributed by atoms with E-state index in [-0.39, 0.29) is 18.9 Å². The molecular formula is C10H19N7O5. The van der Waals surface area contributed by atoms with Crippen molar-refractivity contribution < 1.29 is 24.3 Å². The van der Waals surface area contributed by atoms with E-state index in [0.717, 1.165) is 0 Å². The maximum atomic E-state index is 11.4. The van der Waals surface area contributed by atoms with Gasteiger partial charge in [0.05, 0.1) is 6.42 Å². The van der Waals surface area contributed by atoms with E-state index in [1.54, 1.807) is 0 Å². The summed E-state index contributed by atoms with van der Waals surface area (Å²) in [6.07, 6.45) is -0.267. The summed E-state index contributed by atoms with van der Waals surface area (Å²) in [6.45, 7) is 0.254. The third-order valence-electron chi connectivity index (χ3n) is 2.20. The van der Waals surface area contributed by atoms with E-state index in [0.29, 0.717) is 6.42 Å². The first kappa shape index (κ1) is 18.9. The fourth-order valence-electron chi connectivity index (χ4n) is 1.23. The van der Waals surface area contributed by atoms with Crippen molar-refractivity contribution in [1.82, 2.24) is 16.2 Å². The number of rotatable bonds is 8. The Kier molecular flexibility index (Phi) is 8.43. The number of urea groups is 1. The van der Waals surface area contributed by atoms with Crippen LogP contribution in [0.15, 0.2) is 4.99 Å². The van der Waals surface area contributed by atoms with Gasteiger partial charge in [-0.1, -0.05) is 0 Å². The van der Waals surface area contributed by atoms with Crippen LogP contribution in [0.5, 0.6) is 0 Å². The van der Waals surface area contributed by atoms with Crippen molar-refractivity contribution in [3.05, 3.63) is 0 Å². The first-order valence-electron chi connectivity index (χ1n) is 6.14. The van der Waals surface area contributed by atoms with Crippen molar-refractivity contribution >= 4 is 29.8 Å². The Hall–Kier alpha value is -3.05. The molecule has 4 amide bonds. The van der Waals surface area contributed by atoms with Crippen LogP contribution < -0.4 is 33.4 Å². The number of guanidine groups is 1. The lowest BCUT2D eigenvalue weighted by Gasteiger charge is -2.14. The molecule has 0 aromatic heterocycles. The highest BCUT2D eigenvalue weighted by Crippen LogP contribution is 1.91. The molecule has 12 heteroatoms. The number of aliphatic imine (C=N–C) groups is 1. The maximum Gasteiger partial charge on any atom is 0.334 e. The molecule has 0 aromatic rings. The van der Waals surface area contributed by atoms with Gasteiger partial charge in [-0.15, -0.1) is 0 Å². The largest absolute Gasteiger partial charge is 0.481 e. The molecule has 0 heterocycles. The summed E-state index contributed by atoms with van der Waals surface area (Å²) < 4.78 is 0. The summed E-state index contributed by atoms with van der Waals surface area (Å²) in [5.41, 5.74) is 19.1. The summed E-state index contributed by atoms with van der Waals surface area (Å²) in [4.78, 5) is 47.8. The molecule has 0 unspecified atom stereocenters. The number of hydrogen-bond donors (Lipinski definition) is 7. The third kappa shape index (κ3) is 9.82. The summed E-state index contributed by atoms with van der Waals surface area (Å²) >= 11 is 0. The molecular weight excluding hydrogens is 298 g/mol. The van der Waals surface area contributed by atoms with Crippen LogP contribution in [0.4, 0.5) is 4.79 Å². The normalized spacial score (nSPS) is 10.9. The molecule has 0 saturated carbocycles. The first-order chi connectivity index (χ1) is 10.2. The van der Waals surface area contributed by atoms with Crippen LogP contribution in [0.25, 0.3) is 0 Å². The minimum absolute atomic E-state index is 0.0471. The van der Waals surface area contributed by atoms with Crippen molar-refractivity contribution in [2.45, 2.75) is 25.3 Å². The van der Waals surface area contributed by atoms with E-state index in [1.807, 2.05) is 10.7 Å². The molecule has 0 rings (SSSR count). The number of carbonyl (C=O) groups excluding carboxylic acids is 3. The number of nitrogens with two attached hydrogens (primary N) is 3. The number of hydrogen-bond acceptors (Lipinski definition) is 5. The predicted molar refractivity (Wildman–Crippen MR) is 75.0 cm³/mol. The molecule has 0 aliphatic heterocycles. The molecule has 22 heavy (non-hydrogen) atoms. The second-order valence-electron chi connectivity index (χ2n) is 4.11. The highest BCUT2D eigenvalue weighted by atomic mass is 16.4. The lowest BCUT2D eigenvalue weighted by atomic mass is 10.2. The van der Waals surface area contributed by atoms with Crippen molar-refractivity contribution in [1.29, 1.82) is 0 Å². The van der Waals surface area contributed by atoms with Crippen LogP contribution >= 0.6 is 0 Å². The quantitative estimate of drug-likeness (QED) is 0.105. The summed E-state index contributed by atoms with van der Waals surface area (Å²) in [5.74, 6) is -2.93. The number of hydrazine groups is 1. The Balaban J connectivity index is 4.05. The summed E-state index contributed by atoms with van der Waals surface area (Å²) in [6, 6.07) is -2.36. The first-order valence-corrected chi connectivity index (χ1v) is 6.14. The zero-order valence-electron chi connectivity index (χ0n) is 11.7. The average Bonchev–Trinajstić information content (AvgIpc) is 2.39. The van der Waals surface area contributed by atoms with Crippen LogP contribution in [0.3, 0.4) is 0 Å². The van der Waals surface area contributed by atoms with Crippen molar-refractivity contribution in [2.24, 2.45) is 22.2 Å². The smallest absolute Gasteiger partial charge is 0.334 e. The Morgan fingerprint density at radius 2 is 1.73 bits per heavy atom. The lowest BCUT2D eigenvalue weighted by Crippen LogP contribution is -2.53. The zero-order valence-corrected chi connectivity index (χ0v) is 11.7. The van der Waals surface area contributed by atoms with Gasteiger partial charge in [-0.05, 0) is 6.42 Å². The third-order valence-corrected chi connectivity index (χ3v) is 2.20. The Morgan fingerprint density at radius 1 is 1.09 bits per heavy atom. The number of primary amides is 1. The second-order valence-corrected chi connectivity index (χ2v) is 4.11. The van der Waals surface area contributed by atoms with Gasteiger partial charge in [0.2, 0.25) is 11.8 Å². The van der Waals surface area contributed by atoms with Gasteiger partial charge < -0.3 is 27.6 Å². The lowest BCUT2D eigenvalue weighted by molar-refractivity contribution is -0.139. The number of nitrogens with zero attached hydrogens (tertiary/aromatic N) is 1. The molecule has 124 valence electrons. The van der Waals surface area contributed by atoms with Crippen molar-refractivity contribution in [3.8, 4) is 0 Å². The molecule has 0 aliphatic rings. The molecule has 0 bridgehead atoms. The molecule has 0 radical (unpaired) electrons. The van der Waals surface area contributed by atoms with E-state index < -0.39 is 36.3 Å². The van der Waals surface area contributed by atoms with E-state index in [4.69, 9.17) is 22.3 Å². The zero-order chi connectivity index (χ0) is 17.1. The minimum atomic E-state index is -1.39. The van der Waals surface area contributed by atoms with Gasteiger partial charge in [0.1, 0.15) is 6.04 Å². The molecule has 0 fully saturated rings. The number of nitrogens with one attached hydrogen (secondary N) is 3. The monoisotopic (exact) mass is 317 g/mol. The van der Waals surface area contributed by atoms with Crippen LogP contribution in [0, 0.1) is 0 Å². The van der Waals surface area contributed by atoms with Gasteiger partial charge in [-0.25, -0.2) is 10.2 Å².